The second-order valence-electron chi connectivity index (χ2n) is 5.11. The van der Waals surface area contributed by atoms with E-state index in [0.29, 0.717) is 6.54 Å². The Morgan fingerprint density at radius 3 is 3.05 bits per heavy atom. The van der Waals surface area contributed by atoms with E-state index in [-0.39, 0.29) is 30.3 Å². The number of amides is 1. The highest BCUT2D eigenvalue weighted by Crippen LogP contribution is 2.25. The van der Waals surface area contributed by atoms with Crippen molar-refractivity contribution >= 4 is 29.7 Å². The SMILES string of the molecule is Cl.NC1CCC(C(=O)NCc2csc(-c3ccco3)n2)C1. The van der Waals surface area contributed by atoms with Crippen LogP contribution in [0.3, 0.4) is 0 Å². The average Bonchev–Trinajstić information content (AvgIpc) is 3.16. The number of rotatable bonds is 4. The summed E-state index contributed by atoms with van der Waals surface area (Å²) in [7, 11) is 0. The Labute approximate surface area is 133 Å². The van der Waals surface area contributed by atoms with Crippen molar-refractivity contribution in [2.24, 2.45) is 11.7 Å². The van der Waals surface area contributed by atoms with Crippen molar-refractivity contribution in [1.29, 1.82) is 0 Å². The quantitative estimate of drug-likeness (QED) is 0.904. The first-order valence-electron chi connectivity index (χ1n) is 6.74. The summed E-state index contributed by atoms with van der Waals surface area (Å²) in [5, 5.41) is 5.72. The van der Waals surface area contributed by atoms with Crippen LogP contribution in [-0.4, -0.2) is 16.9 Å². The summed E-state index contributed by atoms with van der Waals surface area (Å²) >= 11 is 1.52. The number of nitrogens with two attached hydrogens (primary N) is 1. The van der Waals surface area contributed by atoms with Crippen LogP contribution in [-0.2, 0) is 11.3 Å². The number of hydrogen-bond acceptors (Lipinski definition) is 5. The summed E-state index contributed by atoms with van der Waals surface area (Å²) in [6, 6.07) is 3.89. The van der Waals surface area contributed by atoms with E-state index in [1.54, 1.807) is 6.26 Å². The number of aromatic nitrogens is 1. The Morgan fingerprint density at radius 1 is 1.52 bits per heavy atom. The van der Waals surface area contributed by atoms with E-state index in [4.69, 9.17) is 10.2 Å². The molecule has 1 saturated carbocycles. The Kier molecular flexibility index (Phi) is 5.39. The van der Waals surface area contributed by atoms with Crippen molar-refractivity contribution in [3.8, 4) is 10.8 Å². The number of hydrogen-bond donors (Lipinski definition) is 2. The Bertz CT molecular complexity index is 585. The van der Waals surface area contributed by atoms with Crippen LogP contribution in [0.2, 0.25) is 0 Å². The van der Waals surface area contributed by atoms with Gasteiger partial charge in [-0.1, -0.05) is 0 Å². The minimum absolute atomic E-state index is 0. The summed E-state index contributed by atoms with van der Waals surface area (Å²) in [6.07, 6.45) is 4.25. The maximum Gasteiger partial charge on any atom is 0.223 e. The Hall–Kier alpha value is -1.37. The van der Waals surface area contributed by atoms with Gasteiger partial charge in [0, 0.05) is 17.3 Å². The highest BCUT2D eigenvalue weighted by molar-refractivity contribution is 7.13. The smallest absolute Gasteiger partial charge is 0.223 e. The molecule has 2 aromatic rings. The average molecular weight is 328 g/mol. The summed E-state index contributed by atoms with van der Waals surface area (Å²) in [6.45, 7) is 0.460. The van der Waals surface area contributed by atoms with E-state index in [2.05, 4.69) is 10.3 Å². The lowest BCUT2D eigenvalue weighted by Crippen LogP contribution is -2.30. The van der Waals surface area contributed by atoms with Gasteiger partial charge in [0.05, 0.1) is 18.5 Å². The largest absolute Gasteiger partial charge is 0.462 e. The Morgan fingerprint density at radius 2 is 2.38 bits per heavy atom. The van der Waals surface area contributed by atoms with E-state index in [0.717, 1.165) is 35.7 Å². The molecule has 2 heterocycles. The molecule has 0 radical (unpaired) electrons. The third kappa shape index (κ3) is 3.84. The summed E-state index contributed by atoms with van der Waals surface area (Å²) < 4.78 is 5.30. The van der Waals surface area contributed by atoms with Crippen molar-refractivity contribution in [2.45, 2.75) is 31.8 Å². The van der Waals surface area contributed by atoms with Crippen LogP contribution in [0, 0.1) is 5.92 Å². The summed E-state index contributed by atoms with van der Waals surface area (Å²) in [4.78, 5) is 16.4. The topological polar surface area (TPSA) is 81.2 Å². The fraction of sp³-hybridized carbons (Fsp3) is 0.429. The number of furan rings is 1. The molecule has 3 rings (SSSR count). The second-order valence-corrected chi connectivity index (χ2v) is 5.97. The molecule has 1 amide bonds. The lowest BCUT2D eigenvalue weighted by atomic mass is 10.1. The number of nitrogens with one attached hydrogen (secondary N) is 1. The zero-order valence-electron chi connectivity index (χ0n) is 11.5. The van der Waals surface area contributed by atoms with Gasteiger partial charge in [-0.25, -0.2) is 4.98 Å². The number of halogens is 1. The molecule has 3 N–H and O–H groups in total. The Balaban J connectivity index is 0.00000161. The van der Waals surface area contributed by atoms with Gasteiger partial charge in [0.25, 0.3) is 0 Å². The van der Waals surface area contributed by atoms with Gasteiger partial charge < -0.3 is 15.5 Å². The van der Waals surface area contributed by atoms with E-state index < -0.39 is 0 Å². The van der Waals surface area contributed by atoms with Crippen LogP contribution >= 0.6 is 23.7 Å². The molecule has 7 heteroatoms. The maximum atomic E-state index is 12.0. The lowest BCUT2D eigenvalue weighted by Gasteiger charge is -2.09. The molecule has 0 spiro atoms. The summed E-state index contributed by atoms with van der Waals surface area (Å²) in [5.41, 5.74) is 6.69. The highest BCUT2D eigenvalue weighted by Gasteiger charge is 2.27. The summed E-state index contributed by atoms with van der Waals surface area (Å²) in [5.74, 6) is 0.910. The van der Waals surface area contributed by atoms with Gasteiger partial charge in [0.2, 0.25) is 5.91 Å². The molecular formula is C14H18ClN3O2S. The third-order valence-electron chi connectivity index (χ3n) is 3.57. The zero-order chi connectivity index (χ0) is 13.9. The van der Waals surface area contributed by atoms with E-state index in [9.17, 15) is 4.79 Å². The molecule has 2 aromatic heterocycles. The molecule has 1 aliphatic rings. The number of thiazole rings is 1. The predicted octanol–water partition coefficient (Wildman–Crippen LogP) is 2.57. The molecule has 0 aromatic carbocycles. The third-order valence-corrected chi connectivity index (χ3v) is 4.48. The molecule has 0 saturated heterocycles. The van der Waals surface area contributed by atoms with Crippen molar-refractivity contribution in [3.63, 3.8) is 0 Å². The first-order valence-corrected chi connectivity index (χ1v) is 7.62. The zero-order valence-corrected chi connectivity index (χ0v) is 13.1. The maximum absolute atomic E-state index is 12.0. The minimum atomic E-state index is 0. The van der Waals surface area contributed by atoms with Crippen LogP contribution in [0.1, 0.15) is 25.0 Å². The molecule has 0 bridgehead atoms. The van der Waals surface area contributed by atoms with Crippen molar-refractivity contribution in [3.05, 3.63) is 29.5 Å². The van der Waals surface area contributed by atoms with E-state index >= 15 is 0 Å². The number of carbonyl (C=O) groups is 1. The van der Waals surface area contributed by atoms with Gasteiger partial charge >= 0.3 is 0 Å². The van der Waals surface area contributed by atoms with Gasteiger partial charge in [0.15, 0.2) is 10.8 Å². The molecule has 1 fully saturated rings. The van der Waals surface area contributed by atoms with Crippen LogP contribution in [0.5, 0.6) is 0 Å². The van der Waals surface area contributed by atoms with Gasteiger partial charge in [-0.2, -0.15) is 0 Å². The second kappa shape index (κ2) is 7.06. The normalized spacial score (nSPS) is 21.0. The van der Waals surface area contributed by atoms with Gasteiger partial charge in [-0.15, -0.1) is 23.7 Å². The first-order chi connectivity index (χ1) is 9.72. The number of carbonyl (C=O) groups excluding carboxylic acids is 1. The minimum Gasteiger partial charge on any atom is -0.462 e. The van der Waals surface area contributed by atoms with Gasteiger partial charge in [-0.3, -0.25) is 4.79 Å². The fourth-order valence-electron chi connectivity index (χ4n) is 2.48. The number of nitrogens with zero attached hydrogens (tertiary/aromatic N) is 1. The standard InChI is InChI=1S/C14H17N3O2S.ClH/c15-10-4-3-9(6-10)13(18)16-7-11-8-20-14(17-11)12-2-1-5-19-12;/h1-2,5,8-10H,3-4,6-7,15H2,(H,16,18);1H. The van der Waals surface area contributed by atoms with Crippen LogP contribution in [0.25, 0.3) is 10.8 Å². The monoisotopic (exact) mass is 327 g/mol. The van der Waals surface area contributed by atoms with E-state index in [1.165, 1.54) is 11.3 Å². The molecule has 5 nitrogen and oxygen atoms in total. The van der Waals surface area contributed by atoms with Crippen molar-refractivity contribution in [1.82, 2.24) is 10.3 Å². The molecule has 2 unspecified atom stereocenters. The molecule has 1 aliphatic carbocycles. The van der Waals surface area contributed by atoms with Crippen molar-refractivity contribution < 1.29 is 9.21 Å². The van der Waals surface area contributed by atoms with Gasteiger partial charge in [0.1, 0.15) is 0 Å². The van der Waals surface area contributed by atoms with Crippen LogP contribution in [0.4, 0.5) is 0 Å². The lowest BCUT2D eigenvalue weighted by molar-refractivity contribution is -0.125. The fourth-order valence-corrected chi connectivity index (χ4v) is 3.26. The van der Waals surface area contributed by atoms with E-state index in [1.807, 2.05) is 17.5 Å². The predicted molar refractivity (Wildman–Crippen MR) is 84.2 cm³/mol. The van der Waals surface area contributed by atoms with Crippen molar-refractivity contribution in [2.75, 3.05) is 0 Å². The molecule has 0 aliphatic heterocycles. The van der Waals surface area contributed by atoms with Crippen LogP contribution in [0.15, 0.2) is 28.2 Å². The first kappa shape index (κ1) is 16.0. The molecule has 21 heavy (non-hydrogen) atoms. The molecule has 2 atom stereocenters. The molecule has 114 valence electrons. The van der Waals surface area contributed by atoms with Crippen LogP contribution < -0.4 is 11.1 Å². The van der Waals surface area contributed by atoms with Gasteiger partial charge in [-0.05, 0) is 31.4 Å². The molecular weight excluding hydrogens is 310 g/mol. The highest BCUT2D eigenvalue weighted by atomic mass is 35.5.